The SMILES string of the molecule is CCCOC(=O)C1=C(C)Nc2nc(SCC)nn2C1c1ccc(OCc2cccc(Cl)c2)c(OC)c1. The maximum Gasteiger partial charge on any atom is 0.338 e. The molecule has 1 aromatic heterocycles. The zero-order valence-electron chi connectivity index (χ0n) is 20.7. The second-order valence-electron chi connectivity index (χ2n) is 8.13. The van der Waals surface area contributed by atoms with Crippen LogP contribution in [0.5, 0.6) is 11.5 Å². The van der Waals surface area contributed by atoms with Crippen LogP contribution in [0, 0.1) is 0 Å². The number of fused-ring (bicyclic) bond motifs is 1. The molecule has 0 bridgehead atoms. The van der Waals surface area contributed by atoms with Gasteiger partial charge in [-0.05, 0) is 54.5 Å². The van der Waals surface area contributed by atoms with E-state index in [1.54, 1.807) is 11.8 Å². The average molecular weight is 529 g/mol. The molecule has 10 heteroatoms. The molecular weight excluding hydrogens is 500 g/mol. The van der Waals surface area contributed by atoms with Gasteiger partial charge in [0, 0.05) is 10.7 Å². The molecule has 1 N–H and O–H groups in total. The Morgan fingerprint density at radius 2 is 2.03 bits per heavy atom. The van der Waals surface area contributed by atoms with E-state index in [1.165, 1.54) is 11.8 Å². The van der Waals surface area contributed by atoms with Gasteiger partial charge < -0.3 is 19.5 Å². The molecular formula is C26H29ClN4O4S. The summed E-state index contributed by atoms with van der Waals surface area (Å²) in [6, 6.07) is 12.6. The van der Waals surface area contributed by atoms with Gasteiger partial charge in [0.2, 0.25) is 11.1 Å². The van der Waals surface area contributed by atoms with E-state index in [0.717, 1.165) is 23.3 Å². The van der Waals surface area contributed by atoms with Crippen molar-refractivity contribution in [2.24, 2.45) is 0 Å². The molecule has 4 rings (SSSR count). The quantitative estimate of drug-likeness (QED) is 0.258. The number of esters is 1. The predicted octanol–water partition coefficient (Wildman–Crippen LogP) is 5.87. The van der Waals surface area contributed by atoms with Crippen LogP contribution >= 0.6 is 23.4 Å². The fourth-order valence-electron chi connectivity index (χ4n) is 3.93. The monoisotopic (exact) mass is 528 g/mol. The molecule has 2 aromatic carbocycles. The van der Waals surface area contributed by atoms with Gasteiger partial charge in [-0.1, -0.05) is 55.4 Å². The van der Waals surface area contributed by atoms with Crippen molar-refractivity contribution in [3.8, 4) is 11.5 Å². The minimum atomic E-state index is -0.541. The highest BCUT2D eigenvalue weighted by atomic mass is 35.5. The number of thioether (sulfide) groups is 1. The Morgan fingerprint density at radius 1 is 1.19 bits per heavy atom. The molecule has 0 amide bonds. The lowest BCUT2D eigenvalue weighted by Gasteiger charge is -2.28. The van der Waals surface area contributed by atoms with E-state index in [4.69, 9.17) is 25.8 Å². The molecule has 1 aliphatic rings. The van der Waals surface area contributed by atoms with Crippen LogP contribution in [0.2, 0.25) is 5.02 Å². The molecule has 0 saturated carbocycles. The van der Waals surface area contributed by atoms with Crippen LogP contribution in [0.15, 0.2) is 58.9 Å². The Labute approximate surface area is 220 Å². The van der Waals surface area contributed by atoms with Crippen molar-refractivity contribution < 1.29 is 19.0 Å². The van der Waals surface area contributed by atoms with E-state index in [2.05, 4.69) is 15.4 Å². The predicted molar refractivity (Wildman–Crippen MR) is 141 cm³/mol. The molecule has 0 radical (unpaired) electrons. The van der Waals surface area contributed by atoms with Gasteiger partial charge in [-0.3, -0.25) is 0 Å². The van der Waals surface area contributed by atoms with Crippen LogP contribution in [0.1, 0.15) is 44.4 Å². The second-order valence-corrected chi connectivity index (χ2v) is 9.79. The molecule has 0 saturated heterocycles. The molecule has 8 nitrogen and oxygen atoms in total. The number of aromatic nitrogens is 3. The summed E-state index contributed by atoms with van der Waals surface area (Å²) < 4.78 is 18.9. The van der Waals surface area contributed by atoms with Gasteiger partial charge in [-0.15, -0.1) is 5.10 Å². The molecule has 3 aromatic rings. The fourth-order valence-corrected chi connectivity index (χ4v) is 4.70. The first kappa shape index (κ1) is 25.9. The van der Waals surface area contributed by atoms with Crippen molar-refractivity contribution in [2.75, 3.05) is 24.8 Å². The van der Waals surface area contributed by atoms with E-state index in [1.807, 2.05) is 63.2 Å². The molecule has 36 heavy (non-hydrogen) atoms. The zero-order valence-corrected chi connectivity index (χ0v) is 22.3. The lowest BCUT2D eigenvalue weighted by molar-refractivity contribution is -0.139. The minimum absolute atomic E-state index is 0.335. The number of benzene rings is 2. The number of allylic oxidation sites excluding steroid dienone is 1. The molecule has 1 aliphatic heterocycles. The summed E-state index contributed by atoms with van der Waals surface area (Å²) >= 11 is 7.63. The number of methoxy groups -OCH3 is 1. The summed E-state index contributed by atoms with van der Waals surface area (Å²) in [5.74, 6) is 2.13. The number of carbonyl (C=O) groups is 1. The largest absolute Gasteiger partial charge is 0.493 e. The average Bonchev–Trinajstić information content (AvgIpc) is 3.27. The summed E-state index contributed by atoms with van der Waals surface area (Å²) in [6.07, 6.45) is 0.731. The number of hydrogen-bond donors (Lipinski definition) is 1. The molecule has 0 fully saturated rings. The summed E-state index contributed by atoms with van der Waals surface area (Å²) in [7, 11) is 1.59. The number of halogens is 1. The van der Waals surface area contributed by atoms with Crippen LogP contribution in [0.25, 0.3) is 0 Å². The van der Waals surface area contributed by atoms with Crippen molar-refractivity contribution >= 4 is 35.3 Å². The summed E-state index contributed by atoms with van der Waals surface area (Å²) in [4.78, 5) is 17.8. The zero-order chi connectivity index (χ0) is 25.7. The smallest absolute Gasteiger partial charge is 0.338 e. The Morgan fingerprint density at radius 3 is 2.75 bits per heavy atom. The number of hydrogen-bond acceptors (Lipinski definition) is 8. The molecule has 1 unspecified atom stereocenters. The van der Waals surface area contributed by atoms with Crippen LogP contribution in [-0.2, 0) is 16.1 Å². The number of rotatable bonds is 10. The van der Waals surface area contributed by atoms with E-state index in [0.29, 0.717) is 52.1 Å². The third kappa shape index (κ3) is 5.63. The molecule has 0 aliphatic carbocycles. The van der Waals surface area contributed by atoms with Gasteiger partial charge in [0.05, 0.1) is 19.3 Å². The minimum Gasteiger partial charge on any atom is -0.493 e. The summed E-state index contributed by atoms with van der Waals surface area (Å²) in [5, 5.41) is 9.19. The standard InChI is InChI=1S/C26H29ClN4O4S/c1-5-12-34-24(32)22-16(3)28-25-29-26(36-6-2)30-31(25)23(22)18-10-11-20(21(14-18)33-4)35-15-17-8-7-9-19(27)13-17/h7-11,13-14,23H,5-6,12,15H2,1-4H3,(H,28,29,30). The van der Waals surface area contributed by atoms with Crippen molar-refractivity contribution in [3.05, 3.63) is 69.9 Å². The van der Waals surface area contributed by atoms with Gasteiger partial charge in [-0.25, -0.2) is 9.48 Å². The van der Waals surface area contributed by atoms with Gasteiger partial charge in [0.15, 0.2) is 11.5 Å². The lowest BCUT2D eigenvalue weighted by atomic mass is 9.95. The molecule has 2 heterocycles. The first-order valence-electron chi connectivity index (χ1n) is 11.7. The van der Waals surface area contributed by atoms with E-state index in [9.17, 15) is 4.79 Å². The van der Waals surface area contributed by atoms with Crippen molar-refractivity contribution in [2.45, 2.75) is 45.0 Å². The first-order valence-corrected chi connectivity index (χ1v) is 13.1. The summed E-state index contributed by atoms with van der Waals surface area (Å²) in [6.45, 7) is 6.52. The van der Waals surface area contributed by atoms with Crippen molar-refractivity contribution in [3.63, 3.8) is 0 Å². The highest BCUT2D eigenvalue weighted by Crippen LogP contribution is 2.40. The number of ether oxygens (including phenoxy) is 3. The summed E-state index contributed by atoms with van der Waals surface area (Å²) in [5.41, 5.74) is 2.89. The normalized spacial score (nSPS) is 14.8. The van der Waals surface area contributed by atoms with Crippen LogP contribution in [0.4, 0.5) is 5.95 Å². The highest BCUT2D eigenvalue weighted by molar-refractivity contribution is 7.99. The van der Waals surface area contributed by atoms with Crippen LogP contribution in [0.3, 0.4) is 0 Å². The Kier molecular flexibility index (Phi) is 8.43. The fraction of sp³-hybridized carbons (Fsp3) is 0.346. The van der Waals surface area contributed by atoms with Gasteiger partial charge in [0.25, 0.3) is 0 Å². The third-order valence-corrected chi connectivity index (χ3v) is 6.51. The van der Waals surface area contributed by atoms with Gasteiger partial charge in [0.1, 0.15) is 12.6 Å². The van der Waals surface area contributed by atoms with Crippen molar-refractivity contribution in [1.29, 1.82) is 0 Å². The first-order chi connectivity index (χ1) is 17.4. The van der Waals surface area contributed by atoms with Gasteiger partial charge in [-0.2, -0.15) is 4.98 Å². The Hall–Kier alpha value is -3.17. The number of nitrogens with one attached hydrogen (secondary N) is 1. The molecule has 190 valence electrons. The highest BCUT2D eigenvalue weighted by Gasteiger charge is 2.35. The Balaban J connectivity index is 1.71. The second kappa shape index (κ2) is 11.7. The molecule has 0 spiro atoms. The van der Waals surface area contributed by atoms with E-state index in [-0.39, 0.29) is 0 Å². The van der Waals surface area contributed by atoms with Crippen LogP contribution < -0.4 is 14.8 Å². The van der Waals surface area contributed by atoms with E-state index >= 15 is 0 Å². The third-order valence-electron chi connectivity index (χ3n) is 5.55. The lowest BCUT2D eigenvalue weighted by Crippen LogP contribution is -2.29. The van der Waals surface area contributed by atoms with Gasteiger partial charge >= 0.3 is 5.97 Å². The number of anilines is 1. The Bertz CT molecular complexity index is 1280. The maximum absolute atomic E-state index is 13.1. The van der Waals surface area contributed by atoms with Crippen molar-refractivity contribution in [1.82, 2.24) is 14.8 Å². The topological polar surface area (TPSA) is 87.5 Å². The van der Waals surface area contributed by atoms with E-state index < -0.39 is 12.0 Å². The van der Waals surface area contributed by atoms with Crippen LogP contribution in [-0.4, -0.2) is 40.2 Å². The number of nitrogens with zero attached hydrogens (tertiary/aromatic N) is 3. The maximum atomic E-state index is 13.1. The number of carbonyl (C=O) groups excluding carboxylic acids is 1. The molecule has 1 atom stereocenters.